The molecule has 26 heavy (non-hydrogen) atoms. The van der Waals surface area contributed by atoms with Gasteiger partial charge in [-0.15, -0.1) is 0 Å². The molecular weight excluding hydrogens is 330 g/mol. The average molecular weight is 349 g/mol. The van der Waals surface area contributed by atoms with E-state index in [0.717, 1.165) is 5.69 Å². The third-order valence-electron chi connectivity index (χ3n) is 3.99. The summed E-state index contributed by atoms with van der Waals surface area (Å²) in [5.74, 6) is -0.838. The maximum atomic E-state index is 12.7. The smallest absolute Gasteiger partial charge is 0.338 e. The largest absolute Gasteiger partial charge is 0.449 e. The van der Waals surface area contributed by atoms with Gasteiger partial charge in [0.2, 0.25) is 0 Å². The SMILES string of the molecule is CCN(C(=O)C(C)OC(=O)c1ccc2nccnc2c1)c1ccccc1. The molecule has 0 saturated carbocycles. The number of para-hydroxylation sites is 1. The Hall–Kier alpha value is -3.28. The molecule has 3 rings (SSSR count). The van der Waals surface area contributed by atoms with Crippen LogP contribution >= 0.6 is 0 Å². The summed E-state index contributed by atoms with van der Waals surface area (Å²) in [6, 6.07) is 14.2. The lowest BCUT2D eigenvalue weighted by Crippen LogP contribution is -2.40. The van der Waals surface area contributed by atoms with E-state index in [-0.39, 0.29) is 5.91 Å². The van der Waals surface area contributed by atoms with Crippen molar-refractivity contribution in [3.63, 3.8) is 0 Å². The monoisotopic (exact) mass is 349 g/mol. The van der Waals surface area contributed by atoms with Gasteiger partial charge in [-0.1, -0.05) is 18.2 Å². The average Bonchev–Trinajstić information content (AvgIpc) is 2.68. The second-order valence-electron chi connectivity index (χ2n) is 5.73. The van der Waals surface area contributed by atoms with Gasteiger partial charge in [0, 0.05) is 24.6 Å². The lowest BCUT2D eigenvalue weighted by Gasteiger charge is -2.24. The molecule has 6 nitrogen and oxygen atoms in total. The van der Waals surface area contributed by atoms with Gasteiger partial charge in [-0.3, -0.25) is 14.8 Å². The van der Waals surface area contributed by atoms with E-state index in [1.165, 1.54) is 0 Å². The number of anilines is 1. The number of rotatable bonds is 5. The molecule has 0 fully saturated rings. The summed E-state index contributed by atoms with van der Waals surface area (Å²) in [4.78, 5) is 35.0. The Morgan fingerprint density at radius 1 is 1.04 bits per heavy atom. The minimum atomic E-state index is -0.903. The molecule has 0 N–H and O–H groups in total. The molecule has 0 saturated heterocycles. The van der Waals surface area contributed by atoms with E-state index in [2.05, 4.69) is 9.97 Å². The van der Waals surface area contributed by atoms with E-state index in [1.54, 1.807) is 42.4 Å². The van der Waals surface area contributed by atoms with Gasteiger partial charge in [0.05, 0.1) is 16.6 Å². The number of ether oxygens (including phenoxy) is 1. The van der Waals surface area contributed by atoms with Crippen LogP contribution in [0.1, 0.15) is 24.2 Å². The standard InChI is InChI=1S/C20H19N3O3/c1-3-23(16-7-5-4-6-8-16)19(24)14(2)26-20(25)15-9-10-17-18(13-15)22-12-11-21-17/h4-14H,3H2,1-2H3. The van der Waals surface area contributed by atoms with Crippen molar-refractivity contribution in [1.82, 2.24) is 9.97 Å². The van der Waals surface area contributed by atoms with Crippen LogP contribution in [0.5, 0.6) is 0 Å². The predicted molar refractivity (Wildman–Crippen MR) is 98.9 cm³/mol. The van der Waals surface area contributed by atoms with Crippen molar-refractivity contribution in [3.8, 4) is 0 Å². The molecule has 2 aromatic carbocycles. The number of benzene rings is 2. The normalized spacial score (nSPS) is 11.8. The van der Waals surface area contributed by atoms with Crippen LogP contribution in [0.3, 0.4) is 0 Å². The molecular formula is C20H19N3O3. The number of carbonyl (C=O) groups excluding carboxylic acids is 2. The van der Waals surface area contributed by atoms with Crippen molar-refractivity contribution >= 4 is 28.6 Å². The van der Waals surface area contributed by atoms with Crippen LogP contribution in [0.4, 0.5) is 5.69 Å². The second kappa shape index (κ2) is 7.74. The van der Waals surface area contributed by atoms with E-state index in [0.29, 0.717) is 23.1 Å². The Labute approximate surface area is 151 Å². The van der Waals surface area contributed by atoms with E-state index in [4.69, 9.17) is 4.74 Å². The summed E-state index contributed by atoms with van der Waals surface area (Å²) >= 11 is 0. The molecule has 1 aromatic heterocycles. The molecule has 0 aliphatic heterocycles. The summed E-state index contributed by atoms with van der Waals surface area (Å²) in [7, 11) is 0. The Bertz CT molecular complexity index is 928. The fourth-order valence-corrected chi connectivity index (χ4v) is 2.66. The van der Waals surface area contributed by atoms with Crippen LogP contribution in [0.2, 0.25) is 0 Å². The number of hydrogen-bond donors (Lipinski definition) is 0. The lowest BCUT2D eigenvalue weighted by atomic mass is 10.2. The number of likely N-dealkylation sites (N-methyl/N-ethyl adjacent to an activating group) is 1. The fraction of sp³-hybridized carbons (Fsp3) is 0.200. The van der Waals surface area contributed by atoms with Crippen LogP contribution in [-0.4, -0.2) is 34.5 Å². The van der Waals surface area contributed by atoms with Crippen LogP contribution in [0, 0.1) is 0 Å². The number of nitrogens with zero attached hydrogens (tertiary/aromatic N) is 3. The van der Waals surface area contributed by atoms with E-state index >= 15 is 0 Å². The minimum absolute atomic E-state index is 0.271. The summed E-state index contributed by atoms with van der Waals surface area (Å²) in [6.45, 7) is 3.93. The Kier molecular flexibility index (Phi) is 5.22. The number of esters is 1. The van der Waals surface area contributed by atoms with Crippen molar-refractivity contribution in [1.29, 1.82) is 0 Å². The molecule has 0 aliphatic carbocycles. The fourth-order valence-electron chi connectivity index (χ4n) is 2.66. The summed E-state index contributed by atoms with van der Waals surface area (Å²) in [5, 5.41) is 0. The third kappa shape index (κ3) is 3.69. The molecule has 132 valence electrons. The first-order valence-corrected chi connectivity index (χ1v) is 8.38. The third-order valence-corrected chi connectivity index (χ3v) is 3.99. The van der Waals surface area contributed by atoms with Crippen molar-refractivity contribution in [2.24, 2.45) is 0 Å². The van der Waals surface area contributed by atoms with Gasteiger partial charge in [-0.2, -0.15) is 0 Å². The number of aromatic nitrogens is 2. The summed E-state index contributed by atoms with van der Waals surface area (Å²) < 4.78 is 5.37. The Balaban J connectivity index is 1.74. The van der Waals surface area contributed by atoms with Crippen molar-refractivity contribution in [2.75, 3.05) is 11.4 Å². The highest BCUT2D eigenvalue weighted by Crippen LogP contribution is 2.17. The second-order valence-corrected chi connectivity index (χ2v) is 5.73. The number of fused-ring (bicyclic) bond motifs is 1. The summed E-state index contributed by atoms with van der Waals surface area (Å²) in [6.07, 6.45) is 2.24. The highest BCUT2D eigenvalue weighted by molar-refractivity contribution is 5.99. The van der Waals surface area contributed by atoms with Gasteiger partial charge in [-0.05, 0) is 44.2 Å². The first-order valence-electron chi connectivity index (χ1n) is 8.38. The number of carbonyl (C=O) groups is 2. The van der Waals surface area contributed by atoms with Crippen LogP contribution in [0.25, 0.3) is 11.0 Å². The van der Waals surface area contributed by atoms with Crippen molar-refractivity contribution in [3.05, 3.63) is 66.5 Å². The van der Waals surface area contributed by atoms with Gasteiger partial charge >= 0.3 is 5.97 Å². The van der Waals surface area contributed by atoms with Crippen molar-refractivity contribution < 1.29 is 14.3 Å². The molecule has 1 atom stereocenters. The maximum Gasteiger partial charge on any atom is 0.338 e. The lowest BCUT2D eigenvalue weighted by molar-refractivity contribution is -0.126. The van der Waals surface area contributed by atoms with E-state index < -0.39 is 12.1 Å². The minimum Gasteiger partial charge on any atom is -0.449 e. The molecule has 0 aliphatic rings. The molecule has 0 bridgehead atoms. The zero-order chi connectivity index (χ0) is 18.5. The van der Waals surface area contributed by atoms with Gasteiger partial charge in [-0.25, -0.2) is 4.79 Å². The molecule has 1 heterocycles. The van der Waals surface area contributed by atoms with Crippen LogP contribution in [0.15, 0.2) is 60.9 Å². The Morgan fingerprint density at radius 2 is 1.73 bits per heavy atom. The molecule has 3 aromatic rings. The Morgan fingerprint density at radius 3 is 2.42 bits per heavy atom. The molecule has 6 heteroatoms. The number of hydrogen-bond acceptors (Lipinski definition) is 5. The van der Waals surface area contributed by atoms with Gasteiger partial charge in [0.25, 0.3) is 5.91 Å². The van der Waals surface area contributed by atoms with Gasteiger partial charge < -0.3 is 9.64 Å². The molecule has 0 spiro atoms. The van der Waals surface area contributed by atoms with Gasteiger partial charge in [0.1, 0.15) is 0 Å². The zero-order valence-electron chi connectivity index (χ0n) is 14.6. The van der Waals surface area contributed by atoms with Gasteiger partial charge in [0.15, 0.2) is 6.10 Å². The molecule has 1 unspecified atom stereocenters. The van der Waals surface area contributed by atoms with Crippen LogP contribution < -0.4 is 4.90 Å². The molecule has 0 radical (unpaired) electrons. The maximum absolute atomic E-state index is 12.7. The van der Waals surface area contributed by atoms with E-state index in [1.807, 2.05) is 37.3 Å². The highest BCUT2D eigenvalue weighted by atomic mass is 16.5. The molecule has 1 amide bonds. The highest BCUT2D eigenvalue weighted by Gasteiger charge is 2.24. The first kappa shape index (κ1) is 17.5. The number of amides is 1. The topological polar surface area (TPSA) is 72.4 Å². The zero-order valence-corrected chi connectivity index (χ0v) is 14.6. The van der Waals surface area contributed by atoms with Crippen molar-refractivity contribution in [2.45, 2.75) is 20.0 Å². The summed E-state index contributed by atoms with van der Waals surface area (Å²) in [5.41, 5.74) is 2.39. The first-order chi connectivity index (χ1) is 12.6. The predicted octanol–water partition coefficient (Wildman–Crippen LogP) is 3.23. The van der Waals surface area contributed by atoms with Crippen LogP contribution in [-0.2, 0) is 9.53 Å². The quantitative estimate of drug-likeness (QED) is 0.661. The van der Waals surface area contributed by atoms with E-state index in [9.17, 15) is 9.59 Å².